The lowest BCUT2D eigenvalue weighted by Crippen LogP contribution is -2.15. The van der Waals surface area contributed by atoms with Crippen LogP contribution in [-0.4, -0.2) is 27.8 Å². The lowest BCUT2D eigenvalue weighted by molar-refractivity contribution is -0.137. The number of carbonyl (C=O) groups excluding carboxylic acids is 1. The van der Waals surface area contributed by atoms with Crippen LogP contribution in [0, 0.1) is 11.9 Å². The van der Waals surface area contributed by atoms with Crippen molar-refractivity contribution in [2.24, 2.45) is 5.92 Å². The van der Waals surface area contributed by atoms with E-state index in [4.69, 9.17) is 4.74 Å². The van der Waals surface area contributed by atoms with E-state index in [0.29, 0.717) is 29.1 Å². The number of carbonyl (C=O) groups is 1. The Balaban J connectivity index is 1.66. The number of H-pyrrole nitrogens is 1. The van der Waals surface area contributed by atoms with Crippen LogP contribution in [0.3, 0.4) is 0 Å². The van der Waals surface area contributed by atoms with Crippen LogP contribution in [0.25, 0.3) is 28.1 Å². The molecule has 2 aromatic carbocycles. The molecule has 5 rings (SSSR count). The number of fused-ring (bicyclic) bond motifs is 1. The lowest BCUT2D eigenvalue weighted by atomic mass is 9.73. The summed E-state index contributed by atoms with van der Waals surface area (Å²) in [6.07, 6.45) is 8.26. The number of nitrogens with one attached hydrogen (secondary N) is 1. The van der Waals surface area contributed by atoms with Gasteiger partial charge in [0.25, 0.3) is 0 Å². The zero-order chi connectivity index (χ0) is 24.2. The topological polar surface area (TPSA) is 67.9 Å². The molecule has 0 spiro atoms. The second kappa shape index (κ2) is 10.1. The van der Waals surface area contributed by atoms with Gasteiger partial charge in [-0.1, -0.05) is 48.9 Å². The third-order valence-electron chi connectivity index (χ3n) is 6.42. The van der Waals surface area contributed by atoms with Crippen LogP contribution in [-0.2, 0) is 9.53 Å². The van der Waals surface area contributed by atoms with Gasteiger partial charge in [0, 0.05) is 17.8 Å². The van der Waals surface area contributed by atoms with Crippen molar-refractivity contribution in [2.75, 3.05) is 6.61 Å². The minimum atomic E-state index is -0.510. The van der Waals surface area contributed by atoms with E-state index in [1.807, 2.05) is 54.7 Å². The fourth-order valence-corrected chi connectivity index (χ4v) is 4.51. The Morgan fingerprint density at radius 1 is 1.09 bits per heavy atom. The molecule has 6 heteroatoms. The van der Waals surface area contributed by atoms with Gasteiger partial charge in [-0.2, -0.15) is 4.39 Å². The molecular formula is C29H26FN3O2. The quantitative estimate of drug-likeness (QED) is 0.193. The molecular weight excluding hydrogens is 441 g/mol. The average molecular weight is 468 g/mol. The van der Waals surface area contributed by atoms with Crippen LogP contribution in [0.4, 0.5) is 4.39 Å². The molecule has 0 atom stereocenters. The number of aromatic amines is 1. The number of ether oxygens (including phenoxy) is 1. The van der Waals surface area contributed by atoms with Crippen molar-refractivity contribution < 1.29 is 13.9 Å². The van der Waals surface area contributed by atoms with E-state index in [1.54, 1.807) is 13.0 Å². The van der Waals surface area contributed by atoms with Crippen LogP contribution in [0.2, 0.25) is 0 Å². The van der Waals surface area contributed by atoms with E-state index < -0.39 is 11.9 Å². The third kappa shape index (κ3) is 4.78. The second-order valence-electron chi connectivity index (χ2n) is 8.61. The molecule has 0 bridgehead atoms. The van der Waals surface area contributed by atoms with E-state index in [-0.39, 0.29) is 0 Å². The van der Waals surface area contributed by atoms with Gasteiger partial charge in [0.2, 0.25) is 5.95 Å². The van der Waals surface area contributed by atoms with Crippen LogP contribution < -0.4 is 0 Å². The summed E-state index contributed by atoms with van der Waals surface area (Å²) < 4.78 is 19.3. The summed E-state index contributed by atoms with van der Waals surface area (Å²) in [5, 5.41) is 6.93. The van der Waals surface area contributed by atoms with Crippen LogP contribution in [0.15, 0.2) is 72.9 Å². The highest BCUT2D eigenvalue weighted by atomic mass is 19.1. The number of esters is 1. The van der Waals surface area contributed by atoms with Gasteiger partial charge in [0.15, 0.2) is 0 Å². The first-order valence-corrected chi connectivity index (χ1v) is 11.9. The van der Waals surface area contributed by atoms with Crippen molar-refractivity contribution in [3.8, 4) is 0 Å². The number of allylic oxidation sites excluding steroid dienone is 1. The number of rotatable bonds is 7. The molecule has 5 nitrogen and oxygen atoms in total. The minimum Gasteiger partial charge on any atom is -0.463 e. The third-order valence-corrected chi connectivity index (χ3v) is 6.42. The Bertz CT molecular complexity index is 1400. The van der Waals surface area contributed by atoms with Gasteiger partial charge in [-0.25, -0.2) is 4.79 Å². The predicted octanol–water partition coefficient (Wildman–Crippen LogP) is 6.43. The summed E-state index contributed by atoms with van der Waals surface area (Å²) in [7, 11) is 0. The molecule has 1 saturated carbocycles. The highest BCUT2D eigenvalue weighted by molar-refractivity contribution is 6.01. The number of hydrogen-bond acceptors (Lipinski definition) is 4. The first kappa shape index (κ1) is 22.7. The van der Waals surface area contributed by atoms with Crippen LogP contribution in [0.1, 0.15) is 48.6 Å². The number of aromatic nitrogens is 3. The molecule has 35 heavy (non-hydrogen) atoms. The summed E-state index contributed by atoms with van der Waals surface area (Å²) in [5.41, 5.74) is 6.61. The Kier molecular flexibility index (Phi) is 6.53. The van der Waals surface area contributed by atoms with E-state index >= 15 is 0 Å². The molecule has 0 radical (unpaired) electrons. The van der Waals surface area contributed by atoms with Crippen molar-refractivity contribution in [1.29, 1.82) is 0 Å². The summed E-state index contributed by atoms with van der Waals surface area (Å²) in [6.45, 7) is 2.10. The van der Waals surface area contributed by atoms with E-state index in [9.17, 15) is 9.18 Å². The molecule has 0 amide bonds. The summed E-state index contributed by atoms with van der Waals surface area (Å²) in [6, 6.07) is 20.0. The normalized spacial score (nSPS) is 14.7. The molecule has 4 aromatic rings. The highest BCUT2D eigenvalue weighted by Gasteiger charge is 2.27. The van der Waals surface area contributed by atoms with Gasteiger partial charge in [-0.05, 0) is 72.2 Å². The average Bonchev–Trinajstić information content (AvgIpc) is 3.23. The molecule has 176 valence electrons. The minimum absolute atomic E-state index is 0.328. The molecule has 1 aliphatic carbocycles. The maximum Gasteiger partial charge on any atom is 0.330 e. The van der Waals surface area contributed by atoms with Crippen molar-refractivity contribution in [3.63, 3.8) is 0 Å². The molecule has 0 aliphatic heterocycles. The number of benzene rings is 2. The zero-order valence-corrected chi connectivity index (χ0v) is 19.5. The SMILES string of the molecule is CCOC(=O)C=Cc1ccc(/C(=C(\c2ccccc2)C2CCC2)c2ccc3[nH]nc(F)c3c2)cn1. The van der Waals surface area contributed by atoms with Crippen molar-refractivity contribution in [3.05, 3.63) is 101 Å². The Morgan fingerprint density at radius 2 is 1.89 bits per heavy atom. The number of halogens is 1. The second-order valence-corrected chi connectivity index (χ2v) is 8.61. The van der Waals surface area contributed by atoms with Crippen molar-refractivity contribution >= 4 is 34.1 Å². The predicted molar refractivity (Wildman–Crippen MR) is 136 cm³/mol. The van der Waals surface area contributed by atoms with Gasteiger partial charge in [0.05, 0.1) is 23.2 Å². The molecule has 1 N–H and O–H groups in total. The molecule has 1 fully saturated rings. The van der Waals surface area contributed by atoms with Gasteiger partial charge < -0.3 is 4.74 Å². The van der Waals surface area contributed by atoms with Gasteiger partial charge in [-0.3, -0.25) is 10.1 Å². The Morgan fingerprint density at radius 3 is 2.57 bits per heavy atom. The first-order chi connectivity index (χ1) is 17.1. The molecule has 2 aromatic heterocycles. The summed E-state index contributed by atoms with van der Waals surface area (Å²) in [5.74, 6) is -0.491. The summed E-state index contributed by atoms with van der Waals surface area (Å²) >= 11 is 0. The first-order valence-electron chi connectivity index (χ1n) is 11.9. The summed E-state index contributed by atoms with van der Waals surface area (Å²) in [4.78, 5) is 16.3. The molecule has 0 saturated heterocycles. The van der Waals surface area contributed by atoms with Crippen molar-refractivity contribution in [1.82, 2.24) is 15.2 Å². The highest BCUT2D eigenvalue weighted by Crippen LogP contribution is 2.45. The number of nitrogens with zero attached hydrogens (tertiary/aromatic N) is 2. The van der Waals surface area contributed by atoms with Crippen LogP contribution >= 0.6 is 0 Å². The van der Waals surface area contributed by atoms with Crippen molar-refractivity contribution in [2.45, 2.75) is 26.2 Å². The lowest BCUT2D eigenvalue weighted by Gasteiger charge is -2.31. The van der Waals surface area contributed by atoms with Crippen LogP contribution in [0.5, 0.6) is 0 Å². The smallest absolute Gasteiger partial charge is 0.330 e. The fourth-order valence-electron chi connectivity index (χ4n) is 4.51. The van der Waals surface area contributed by atoms with Gasteiger partial charge in [0.1, 0.15) is 0 Å². The van der Waals surface area contributed by atoms with E-state index in [0.717, 1.165) is 35.1 Å². The fraction of sp³-hybridized carbons (Fsp3) is 0.207. The Labute approximate surface area is 203 Å². The molecule has 1 aliphatic rings. The van der Waals surface area contributed by atoms with Gasteiger partial charge >= 0.3 is 5.97 Å². The zero-order valence-electron chi connectivity index (χ0n) is 19.5. The molecule has 0 unspecified atom stereocenters. The number of hydrogen-bond donors (Lipinski definition) is 1. The number of pyridine rings is 1. The van der Waals surface area contributed by atoms with Gasteiger partial charge in [-0.15, -0.1) is 5.10 Å². The molecule has 2 heterocycles. The maximum atomic E-state index is 14.4. The van der Waals surface area contributed by atoms with E-state index in [1.165, 1.54) is 18.1 Å². The van der Waals surface area contributed by atoms with E-state index in [2.05, 4.69) is 27.3 Å². The largest absolute Gasteiger partial charge is 0.463 e. The standard InChI is InChI=1S/C29H26FN3O2/c1-2-35-26(34)16-14-23-13-11-22(18-31-23)28(21-12-15-25-24(17-21)29(30)33-32-25)27(20-9-6-10-20)19-7-4-3-5-8-19/h3-5,7-8,11-18,20H,2,6,9-10H2,1H3,(H,32,33)/b16-14?,28-27+. The monoisotopic (exact) mass is 467 g/mol. The maximum absolute atomic E-state index is 14.4. The Hall–Kier alpha value is -4.06.